The Kier molecular flexibility index (Phi) is 5.08. The molecule has 2 rings (SSSR count). The van der Waals surface area contributed by atoms with Crippen molar-refractivity contribution in [3.05, 3.63) is 23.8 Å². The zero-order chi connectivity index (χ0) is 13.7. The highest BCUT2D eigenvalue weighted by Crippen LogP contribution is 2.32. The summed E-state index contributed by atoms with van der Waals surface area (Å²) in [4.78, 5) is 0. The fourth-order valence-corrected chi connectivity index (χ4v) is 2.49. The second-order valence-electron chi connectivity index (χ2n) is 5.31. The Morgan fingerprint density at radius 1 is 1.16 bits per heavy atom. The molecule has 1 aromatic rings. The summed E-state index contributed by atoms with van der Waals surface area (Å²) in [6, 6.07) is 7.45. The number of nitrogens with one attached hydrogen (secondary N) is 1. The van der Waals surface area contributed by atoms with Crippen LogP contribution < -0.4 is 14.8 Å². The lowest BCUT2D eigenvalue weighted by molar-refractivity contribution is 0.174. The van der Waals surface area contributed by atoms with Crippen LogP contribution in [0.4, 0.5) is 0 Å². The van der Waals surface area contributed by atoms with Gasteiger partial charge in [-0.25, -0.2) is 0 Å². The van der Waals surface area contributed by atoms with Crippen molar-refractivity contribution in [3.63, 3.8) is 0 Å². The van der Waals surface area contributed by atoms with Gasteiger partial charge in [0.2, 0.25) is 6.79 Å². The minimum atomic E-state index is 0.353. The van der Waals surface area contributed by atoms with Gasteiger partial charge in [0.15, 0.2) is 11.5 Å². The van der Waals surface area contributed by atoms with Crippen LogP contribution in [0.15, 0.2) is 18.2 Å². The van der Waals surface area contributed by atoms with Crippen molar-refractivity contribution in [2.24, 2.45) is 0 Å². The second kappa shape index (κ2) is 6.80. The molecule has 0 radical (unpaired) electrons. The van der Waals surface area contributed by atoms with E-state index in [1.165, 1.54) is 18.4 Å². The summed E-state index contributed by atoms with van der Waals surface area (Å²) in [6.45, 7) is 7.11. The van der Waals surface area contributed by atoms with E-state index in [2.05, 4.69) is 38.2 Å². The van der Waals surface area contributed by atoms with Crippen LogP contribution in [0.1, 0.15) is 45.6 Å². The van der Waals surface area contributed by atoms with Gasteiger partial charge < -0.3 is 14.8 Å². The van der Waals surface area contributed by atoms with Crippen molar-refractivity contribution >= 4 is 0 Å². The molecule has 0 saturated carbocycles. The Morgan fingerprint density at radius 3 is 2.63 bits per heavy atom. The summed E-state index contributed by atoms with van der Waals surface area (Å²) in [5.74, 6) is 1.75. The third kappa shape index (κ3) is 3.87. The van der Waals surface area contributed by atoms with E-state index < -0.39 is 0 Å². The largest absolute Gasteiger partial charge is 0.454 e. The maximum absolute atomic E-state index is 5.41. The number of ether oxygens (including phenoxy) is 2. The Labute approximate surface area is 116 Å². The van der Waals surface area contributed by atoms with E-state index >= 15 is 0 Å². The lowest BCUT2D eigenvalue weighted by Crippen LogP contribution is -2.35. The number of fused-ring (bicyclic) bond motifs is 1. The molecular weight excluding hydrogens is 238 g/mol. The fraction of sp³-hybridized carbons (Fsp3) is 0.625. The Balaban J connectivity index is 1.81. The van der Waals surface area contributed by atoms with Crippen LogP contribution in [0.2, 0.25) is 0 Å². The number of hydrogen-bond donors (Lipinski definition) is 1. The standard InChI is InChI=1S/C16H25NO2/c1-4-14(5-2)17-12(3)6-7-13-8-9-15-16(10-13)19-11-18-15/h8-10,12,14,17H,4-7,11H2,1-3H3. The molecule has 0 aromatic heterocycles. The predicted octanol–water partition coefficient (Wildman–Crippen LogP) is 3.51. The number of rotatable bonds is 7. The van der Waals surface area contributed by atoms with Crippen LogP contribution in [0.5, 0.6) is 11.5 Å². The van der Waals surface area contributed by atoms with Gasteiger partial charge in [0.25, 0.3) is 0 Å². The van der Waals surface area contributed by atoms with Gasteiger partial charge in [-0.2, -0.15) is 0 Å². The molecule has 3 nitrogen and oxygen atoms in total. The topological polar surface area (TPSA) is 30.5 Å². The van der Waals surface area contributed by atoms with Gasteiger partial charge in [0, 0.05) is 12.1 Å². The zero-order valence-corrected chi connectivity index (χ0v) is 12.2. The van der Waals surface area contributed by atoms with Crippen molar-refractivity contribution < 1.29 is 9.47 Å². The van der Waals surface area contributed by atoms with Gasteiger partial charge >= 0.3 is 0 Å². The molecule has 1 atom stereocenters. The monoisotopic (exact) mass is 263 g/mol. The summed E-state index contributed by atoms with van der Waals surface area (Å²) in [7, 11) is 0. The van der Waals surface area contributed by atoms with Crippen molar-refractivity contribution in [1.82, 2.24) is 5.32 Å². The highest BCUT2D eigenvalue weighted by molar-refractivity contribution is 5.44. The van der Waals surface area contributed by atoms with E-state index in [-0.39, 0.29) is 0 Å². The van der Waals surface area contributed by atoms with E-state index in [1.54, 1.807) is 0 Å². The Hall–Kier alpha value is -1.22. The molecule has 0 aliphatic carbocycles. The summed E-state index contributed by atoms with van der Waals surface area (Å²) in [6.07, 6.45) is 4.62. The third-order valence-electron chi connectivity index (χ3n) is 3.81. The fourth-order valence-electron chi connectivity index (χ4n) is 2.49. The first-order valence-electron chi connectivity index (χ1n) is 7.37. The molecule has 0 fully saturated rings. The van der Waals surface area contributed by atoms with Gasteiger partial charge in [-0.3, -0.25) is 0 Å². The van der Waals surface area contributed by atoms with Crippen LogP contribution in [-0.4, -0.2) is 18.9 Å². The van der Waals surface area contributed by atoms with Crippen molar-refractivity contribution in [2.45, 2.75) is 58.5 Å². The average molecular weight is 263 g/mol. The van der Waals surface area contributed by atoms with Crippen LogP contribution in [0, 0.1) is 0 Å². The quantitative estimate of drug-likeness (QED) is 0.816. The van der Waals surface area contributed by atoms with Gasteiger partial charge in [0.1, 0.15) is 0 Å². The molecule has 1 aliphatic heterocycles. The molecule has 1 aliphatic rings. The molecule has 1 N–H and O–H groups in total. The lowest BCUT2D eigenvalue weighted by Gasteiger charge is -2.21. The lowest BCUT2D eigenvalue weighted by atomic mass is 10.0. The minimum absolute atomic E-state index is 0.353. The minimum Gasteiger partial charge on any atom is -0.454 e. The van der Waals surface area contributed by atoms with Crippen LogP contribution >= 0.6 is 0 Å². The van der Waals surface area contributed by atoms with E-state index in [1.807, 2.05) is 6.07 Å². The number of benzene rings is 1. The summed E-state index contributed by atoms with van der Waals surface area (Å²) in [5, 5.41) is 3.68. The first kappa shape index (κ1) is 14.2. The molecule has 1 unspecified atom stereocenters. The highest BCUT2D eigenvalue weighted by atomic mass is 16.7. The molecule has 0 bridgehead atoms. The molecule has 1 heterocycles. The Morgan fingerprint density at radius 2 is 1.89 bits per heavy atom. The molecular formula is C16H25NO2. The number of hydrogen-bond acceptors (Lipinski definition) is 3. The van der Waals surface area contributed by atoms with Gasteiger partial charge in [0.05, 0.1) is 0 Å². The van der Waals surface area contributed by atoms with Gasteiger partial charge in [-0.1, -0.05) is 19.9 Å². The van der Waals surface area contributed by atoms with E-state index in [9.17, 15) is 0 Å². The van der Waals surface area contributed by atoms with Crippen LogP contribution in [0.25, 0.3) is 0 Å². The van der Waals surface area contributed by atoms with Crippen molar-refractivity contribution in [1.29, 1.82) is 0 Å². The molecule has 3 heteroatoms. The molecule has 19 heavy (non-hydrogen) atoms. The highest BCUT2D eigenvalue weighted by Gasteiger charge is 2.14. The molecule has 1 aromatic carbocycles. The number of aryl methyl sites for hydroxylation is 1. The summed E-state index contributed by atoms with van der Waals surface area (Å²) < 4.78 is 10.7. The normalized spacial score (nSPS) is 14.9. The van der Waals surface area contributed by atoms with Crippen LogP contribution in [-0.2, 0) is 6.42 Å². The van der Waals surface area contributed by atoms with Crippen LogP contribution in [0.3, 0.4) is 0 Å². The molecule has 0 spiro atoms. The third-order valence-corrected chi connectivity index (χ3v) is 3.81. The van der Waals surface area contributed by atoms with E-state index in [0.717, 1.165) is 24.3 Å². The molecule has 0 saturated heterocycles. The van der Waals surface area contributed by atoms with E-state index in [0.29, 0.717) is 18.9 Å². The maximum atomic E-state index is 5.41. The summed E-state index contributed by atoms with van der Waals surface area (Å²) in [5.41, 5.74) is 1.32. The van der Waals surface area contributed by atoms with Gasteiger partial charge in [-0.15, -0.1) is 0 Å². The molecule has 0 amide bonds. The first-order chi connectivity index (χ1) is 9.22. The predicted molar refractivity (Wildman–Crippen MR) is 77.9 cm³/mol. The smallest absolute Gasteiger partial charge is 0.231 e. The Bertz CT molecular complexity index is 402. The summed E-state index contributed by atoms with van der Waals surface area (Å²) >= 11 is 0. The maximum Gasteiger partial charge on any atom is 0.231 e. The first-order valence-corrected chi connectivity index (χ1v) is 7.37. The van der Waals surface area contributed by atoms with Crippen molar-refractivity contribution in [3.8, 4) is 11.5 Å². The second-order valence-corrected chi connectivity index (χ2v) is 5.31. The van der Waals surface area contributed by atoms with Gasteiger partial charge in [-0.05, 0) is 50.3 Å². The molecule has 106 valence electrons. The SMILES string of the molecule is CCC(CC)NC(C)CCc1ccc2c(c1)OCO2. The zero-order valence-electron chi connectivity index (χ0n) is 12.2. The average Bonchev–Trinajstić information content (AvgIpc) is 2.89. The van der Waals surface area contributed by atoms with E-state index in [4.69, 9.17) is 9.47 Å². The van der Waals surface area contributed by atoms with Crippen molar-refractivity contribution in [2.75, 3.05) is 6.79 Å².